The Balaban J connectivity index is 1.56. The van der Waals surface area contributed by atoms with E-state index in [4.69, 9.17) is 15.2 Å². The molecule has 7 nitrogen and oxygen atoms in total. The van der Waals surface area contributed by atoms with Gasteiger partial charge >= 0.3 is 0 Å². The molecule has 7 heteroatoms. The third-order valence-corrected chi connectivity index (χ3v) is 3.77. The van der Waals surface area contributed by atoms with Crippen LogP contribution in [0.1, 0.15) is 11.9 Å². The number of hydrogen-bond donors (Lipinski definition) is 2. The summed E-state index contributed by atoms with van der Waals surface area (Å²) in [5.41, 5.74) is 9.09. The van der Waals surface area contributed by atoms with Crippen molar-refractivity contribution in [2.45, 2.75) is 6.29 Å². The van der Waals surface area contributed by atoms with Gasteiger partial charge in [-0.25, -0.2) is 15.0 Å². The van der Waals surface area contributed by atoms with Crippen LogP contribution in [-0.4, -0.2) is 28.2 Å². The Labute approximate surface area is 144 Å². The molecule has 1 aromatic carbocycles. The molecule has 0 atom stereocenters. The van der Waals surface area contributed by atoms with Gasteiger partial charge in [0.05, 0.1) is 18.9 Å². The molecule has 4 rings (SSSR count). The van der Waals surface area contributed by atoms with E-state index in [1.165, 1.54) is 0 Å². The number of anilines is 3. The minimum Gasteiger partial charge on any atom is -0.384 e. The van der Waals surface area contributed by atoms with E-state index in [1.54, 1.807) is 18.5 Å². The van der Waals surface area contributed by atoms with Crippen LogP contribution in [0.15, 0.2) is 54.9 Å². The highest BCUT2D eigenvalue weighted by atomic mass is 16.7. The topological polar surface area (TPSA) is 95.2 Å². The van der Waals surface area contributed by atoms with Crippen LogP contribution >= 0.6 is 0 Å². The second-order valence-corrected chi connectivity index (χ2v) is 5.56. The second kappa shape index (κ2) is 6.84. The molecule has 126 valence electrons. The van der Waals surface area contributed by atoms with E-state index in [0.717, 1.165) is 22.5 Å². The monoisotopic (exact) mass is 335 g/mol. The van der Waals surface area contributed by atoms with Gasteiger partial charge in [-0.2, -0.15) is 0 Å². The summed E-state index contributed by atoms with van der Waals surface area (Å²) in [4.78, 5) is 12.9. The minimum atomic E-state index is -0.310. The molecule has 3 heterocycles. The molecular formula is C18H17N5O2. The zero-order valence-electron chi connectivity index (χ0n) is 13.4. The Morgan fingerprint density at radius 2 is 1.92 bits per heavy atom. The predicted molar refractivity (Wildman–Crippen MR) is 94.0 cm³/mol. The normalized spacial score (nSPS) is 14.6. The van der Waals surface area contributed by atoms with E-state index in [0.29, 0.717) is 25.0 Å². The van der Waals surface area contributed by atoms with E-state index < -0.39 is 0 Å². The number of aromatic nitrogens is 3. The van der Waals surface area contributed by atoms with Gasteiger partial charge in [-0.05, 0) is 30.3 Å². The number of rotatable bonds is 4. The summed E-state index contributed by atoms with van der Waals surface area (Å²) in [5.74, 6) is 0.976. The van der Waals surface area contributed by atoms with E-state index in [-0.39, 0.29) is 6.29 Å². The van der Waals surface area contributed by atoms with Gasteiger partial charge in [-0.15, -0.1) is 0 Å². The van der Waals surface area contributed by atoms with Crippen LogP contribution < -0.4 is 11.1 Å². The summed E-state index contributed by atoms with van der Waals surface area (Å²) in [6, 6.07) is 13.3. The molecule has 3 aromatic rings. The van der Waals surface area contributed by atoms with Gasteiger partial charge in [0, 0.05) is 29.2 Å². The predicted octanol–water partition coefficient (Wildman–Crippen LogP) is 2.91. The van der Waals surface area contributed by atoms with Crippen LogP contribution in [0.5, 0.6) is 0 Å². The summed E-state index contributed by atoms with van der Waals surface area (Å²) in [5, 5.41) is 3.21. The summed E-state index contributed by atoms with van der Waals surface area (Å²) in [6.45, 7) is 1.23. The van der Waals surface area contributed by atoms with Crippen LogP contribution in [0.3, 0.4) is 0 Å². The van der Waals surface area contributed by atoms with E-state index >= 15 is 0 Å². The van der Waals surface area contributed by atoms with Gasteiger partial charge in [0.2, 0.25) is 5.95 Å². The molecule has 1 fully saturated rings. The van der Waals surface area contributed by atoms with Crippen molar-refractivity contribution in [3.63, 3.8) is 0 Å². The molecule has 3 N–H and O–H groups in total. The average Bonchev–Trinajstić information content (AvgIpc) is 3.18. The molecule has 0 amide bonds. The largest absolute Gasteiger partial charge is 0.384 e. The lowest BCUT2D eigenvalue weighted by Gasteiger charge is -2.12. The summed E-state index contributed by atoms with van der Waals surface area (Å²) in [7, 11) is 0. The Morgan fingerprint density at radius 1 is 1.04 bits per heavy atom. The first-order valence-electron chi connectivity index (χ1n) is 7.93. The number of nitrogens with two attached hydrogens (primary N) is 1. The maximum Gasteiger partial charge on any atom is 0.227 e. The summed E-state index contributed by atoms with van der Waals surface area (Å²) in [6.07, 6.45) is 3.08. The number of ether oxygens (including phenoxy) is 2. The number of nitrogen functional groups attached to an aromatic ring is 1. The molecule has 1 aliphatic heterocycles. The molecule has 0 aliphatic carbocycles. The molecule has 1 saturated heterocycles. The maximum atomic E-state index is 5.63. The number of hydrogen-bond acceptors (Lipinski definition) is 7. The lowest BCUT2D eigenvalue weighted by molar-refractivity contribution is -0.0440. The Bertz CT molecular complexity index is 863. The standard InChI is InChI=1S/C18H17N5O2/c19-16-5-4-13(11-21-16)15-6-7-20-18(23-15)22-14-3-1-2-12(10-14)17-24-8-9-25-17/h1-7,10-11,17H,8-9H2,(H2,19,21)(H,20,22,23). The average molecular weight is 335 g/mol. The Morgan fingerprint density at radius 3 is 2.72 bits per heavy atom. The van der Waals surface area contributed by atoms with Crippen molar-refractivity contribution in [2.24, 2.45) is 0 Å². The van der Waals surface area contributed by atoms with Crippen molar-refractivity contribution in [3.8, 4) is 11.3 Å². The van der Waals surface area contributed by atoms with E-state index in [9.17, 15) is 0 Å². The number of nitrogens with zero attached hydrogens (tertiary/aromatic N) is 3. The third kappa shape index (κ3) is 3.57. The van der Waals surface area contributed by atoms with Gasteiger partial charge in [0.1, 0.15) is 5.82 Å². The summed E-state index contributed by atoms with van der Waals surface area (Å²) < 4.78 is 11.1. The zero-order chi connectivity index (χ0) is 17.1. The van der Waals surface area contributed by atoms with E-state index in [1.807, 2.05) is 36.4 Å². The summed E-state index contributed by atoms with van der Waals surface area (Å²) >= 11 is 0. The fourth-order valence-corrected chi connectivity index (χ4v) is 2.58. The quantitative estimate of drug-likeness (QED) is 0.757. The highest BCUT2D eigenvalue weighted by Crippen LogP contribution is 2.26. The van der Waals surface area contributed by atoms with Gasteiger partial charge in [0.15, 0.2) is 6.29 Å². The molecular weight excluding hydrogens is 318 g/mol. The molecule has 0 bridgehead atoms. The maximum absolute atomic E-state index is 5.63. The Kier molecular flexibility index (Phi) is 4.24. The molecule has 25 heavy (non-hydrogen) atoms. The van der Waals surface area contributed by atoms with Crippen molar-refractivity contribution < 1.29 is 9.47 Å². The molecule has 0 unspecified atom stereocenters. The van der Waals surface area contributed by atoms with Crippen molar-refractivity contribution in [1.29, 1.82) is 0 Å². The van der Waals surface area contributed by atoms with Crippen LogP contribution in [0.25, 0.3) is 11.3 Å². The van der Waals surface area contributed by atoms with Crippen LogP contribution in [-0.2, 0) is 9.47 Å². The van der Waals surface area contributed by atoms with Crippen molar-refractivity contribution in [3.05, 3.63) is 60.4 Å². The molecule has 2 aromatic heterocycles. The smallest absolute Gasteiger partial charge is 0.227 e. The van der Waals surface area contributed by atoms with Gasteiger partial charge in [-0.1, -0.05) is 12.1 Å². The second-order valence-electron chi connectivity index (χ2n) is 5.56. The highest BCUT2D eigenvalue weighted by Gasteiger charge is 2.18. The fraction of sp³-hybridized carbons (Fsp3) is 0.167. The van der Waals surface area contributed by atoms with Gasteiger partial charge in [-0.3, -0.25) is 0 Å². The fourth-order valence-electron chi connectivity index (χ4n) is 2.58. The Hall–Kier alpha value is -3.03. The number of nitrogens with one attached hydrogen (secondary N) is 1. The number of pyridine rings is 1. The first-order chi connectivity index (χ1) is 12.3. The SMILES string of the molecule is Nc1ccc(-c2ccnc(Nc3cccc(C4OCCO4)c3)n2)cn1. The van der Waals surface area contributed by atoms with Gasteiger partial charge < -0.3 is 20.5 Å². The van der Waals surface area contributed by atoms with Crippen molar-refractivity contribution in [1.82, 2.24) is 15.0 Å². The molecule has 1 aliphatic rings. The third-order valence-electron chi connectivity index (χ3n) is 3.77. The molecule has 0 spiro atoms. The molecule has 0 radical (unpaired) electrons. The molecule has 0 saturated carbocycles. The van der Waals surface area contributed by atoms with Crippen LogP contribution in [0.2, 0.25) is 0 Å². The van der Waals surface area contributed by atoms with Gasteiger partial charge in [0.25, 0.3) is 0 Å². The highest BCUT2D eigenvalue weighted by molar-refractivity contribution is 5.62. The first-order valence-corrected chi connectivity index (χ1v) is 7.93. The van der Waals surface area contributed by atoms with Crippen LogP contribution in [0.4, 0.5) is 17.5 Å². The van der Waals surface area contributed by atoms with E-state index in [2.05, 4.69) is 20.3 Å². The zero-order valence-corrected chi connectivity index (χ0v) is 13.4. The number of benzene rings is 1. The van der Waals surface area contributed by atoms with Crippen LogP contribution in [0, 0.1) is 0 Å². The lowest BCUT2D eigenvalue weighted by Crippen LogP contribution is -2.01. The minimum absolute atomic E-state index is 0.310. The van der Waals surface area contributed by atoms with Crippen molar-refractivity contribution >= 4 is 17.5 Å². The first kappa shape index (κ1) is 15.5. The lowest BCUT2D eigenvalue weighted by atomic mass is 10.2. The van der Waals surface area contributed by atoms with Crippen molar-refractivity contribution in [2.75, 3.05) is 24.3 Å².